The second-order valence-corrected chi connectivity index (χ2v) is 6.85. The fourth-order valence-corrected chi connectivity index (χ4v) is 3.53. The summed E-state index contributed by atoms with van der Waals surface area (Å²) in [5.41, 5.74) is 3.21. The van der Waals surface area contributed by atoms with E-state index in [1.54, 1.807) is 6.92 Å². The van der Waals surface area contributed by atoms with Gasteiger partial charge >= 0.3 is 0 Å². The molecule has 0 spiro atoms. The first-order chi connectivity index (χ1) is 12.1. The number of amides is 1. The number of benzene rings is 2. The lowest BCUT2D eigenvalue weighted by atomic mass is 9.96. The summed E-state index contributed by atoms with van der Waals surface area (Å²) >= 11 is 0. The first-order valence-corrected chi connectivity index (χ1v) is 8.94. The Morgan fingerprint density at radius 3 is 2.60 bits per heavy atom. The van der Waals surface area contributed by atoms with Gasteiger partial charge in [-0.1, -0.05) is 36.4 Å². The highest BCUT2D eigenvalue weighted by Crippen LogP contribution is 2.30. The molecule has 0 fully saturated rings. The molecule has 0 saturated carbocycles. The number of aryl methyl sites for hydroxylation is 1. The molecule has 4 nitrogen and oxygen atoms in total. The van der Waals surface area contributed by atoms with E-state index in [2.05, 4.69) is 13.0 Å². The molecule has 0 aromatic heterocycles. The highest BCUT2D eigenvalue weighted by atomic mass is 16.3. The molecule has 3 rings (SSSR count). The van der Waals surface area contributed by atoms with Crippen LogP contribution in [-0.4, -0.2) is 36.2 Å². The van der Waals surface area contributed by atoms with Crippen LogP contribution in [0.25, 0.3) is 0 Å². The minimum Gasteiger partial charge on any atom is -0.392 e. The molecule has 1 amide bonds. The minimum atomic E-state index is -0.501. The lowest BCUT2D eigenvalue weighted by Crippen LogP contribution is -2.48. The van der Waals surface area contributed by atoms with Gasteiger partial charge in [0.25, 0.3) is 0 Å². The SMILES string of the molecule is C[C@@H](O)CN(CC(=O)N1c2ccccc2CC[C@@H]1C)c1ccccc1. The Balaban J connectivity index is 1.84. The Bertz CT molecular complexity index is 715. The van der Waals surface area contributed by atoms with Crippen molar-refractivity contribution in [2.24, 2.45) is 0 Å². The topological polar surface area (TPSA) is 43.8 Å². The zero-order chi connectivity index (χ0) is 17.8. The monoisotopic (exact) mass is 338 g/mol. The first kappa shape index (κ1) is 17.5. The van der Waals surface area contributed by atoms with E-state index in [4.69, 9.17) is 0 Å². The van der Waals surface area contributed by atoms with Crippen molar-refractivity contribution < 1.29 is 9.90 Å². The molecule has 1 N–H and O–H groups in total. The van der Waals surface area contributed by atoms with Crippen LogP contribution in [0.15, 0.2) is 54.6 Å². The number of carbonyl (C=O) groups is 1. The van der Waals surface area contributed by atoms with E-state index < -0.39 is 6.10 Å². The average molecular weight is 338 g/mol. The highest BCUT2D eigenvalue weighted by Gasteiger charge is 2.29. The maximum atomic E-state index is 13.1. The predicted octanol–water partition coefficient (Wildman–Crippen LogP) is 3.24. The number of aliphatic hydroxyl groups excluding tert-OH is 1. The molecular weight excluding hydrogens is 312 g/mol. The summed E-state index contributed by atoms with van der Waals surface area (Å²) in [6, 6.07) is 18.1. The van der Waals surface area contributed by atoms with Gasteiger partial charge in [0.15, 0.2) is 0 Å². The van der Waals surface area contributed by atoms with Crippen molar-refractivity contribution in [1.29, 1.82) is 0 Å². The molecule has 0 saturated heterocycles. The van der Waals surface area contributed by atoms with E-state index in [1.807, 2.05) is 58.3 Å². The summed E-state index contributed by atoms with van der Waals surface area (Å²) in [7, 11) is 0. The van der Waals surface area contributed by atoms with Crippen LogP contribution < -0.4 is 9.80 Å². The van der Waals surface area contributed by atoms with Crippen molar-refractivity contribution in [1.82, 2.24) is 0 Å². The van der Waals surface area contributed by atoms with Gasteiger partial charge in [0, 0.05) is 24.0 Å². The quantitative estimate of drug-likeness (QED) is 0.910. The molecule has 25 heavy (non-hydrogen) atoms. The second-order valence-electron chi connectivity index (χ2n) is 6.85. The number of aliphatic hydroxyl groups is 1. The molecular formula is C21H26N2O2. The van der Waals surface area contributed by atoms with E-state index >= 15 is 0 Å². The van der Waals surface area contributed by atoms with Gasteiger partial charge in [-0.25, -0.2) is 0 Å². The first-order valence-electron chi connectivity index (χ1n) is 8.94. The van der Waals surface area contributed by atoms with Gasteiger partial charge in [-0.15, -0.1) is 0 Å². The summed E-state index contributed by atoms with van der Waals surface area (Å²) in [5.74, 6) is 0.0733. The number of hydrogen-bond donors (Lipinski definition) is 1. The van der Waals surface area contributed by atoms with E-state index in [1.165, 1.54) is 5.56 Å². The summed E-state index contributed by atoms with van der Waals surface area (Å²) < 4.78 is 0. The van der Waals surface area contributed by atoms with Gasteiger partial charge in [-0.05, 0) is 50.5 Å². The standard InChI is InChI=1S/C21H26N2O2/c1-16-12-13-18-8-6-7-11-20(18)23(16)21(25)15-22(14-17(2)24)19-9-4-3-5-10-19/h3-11,16-17,24H,12-15H2,1-2H3/t16-,17+/m0/s1. The van der Waals surface area contributed by atoms with Crippen molar-refractivity contribution in [3.8, 4) is 0 Å². The molecule has 0 radical (unpaired) electrons. The average Bonchev–Trinajstić information content (AvgIpc) is 2.61. The lowest BCUT2D eigenvalue weighted by molar-refractivity contribution is -0.117. The number of rotatable bonds is 5. The van der Waals surface area contributed by atoms with Crippen LogP contribution in [0, 0.1) is 0 Å². The van der Waals surface area contributed by atoms with E-state index in [0.717, 1.165) is 24.2 Å². The molecule has 1 aliphatic heterocycles. The van der Waals surface area contributed by atoms with Crippen molar-refractivity contribution in [2.45, 2.75) is 38.8 Å². The zero-order valence-electron chi connectivity index (χ0n) is 14.9. The maximum Gasteiger partial charge on any atom is 0.246 e. The number of hydrogen-bond acceptors (Lipinski definition) is 3. The molecule has 1 aliphatic rings. The third-order valence-corrected chi connectivity index (χ3v) is 4.72. The molecule has 2 aromatic rings. The molecule has 1 heterocycles. The Labute approximate surface area is 149 Å². The van der Waals surface area contributed by atoms with Crippen LogP contribution in [0.3, 0.4) is 0 Å². The van der Waals surface area contributed by atoms with Crippen molar-refractivity contribution in [3.05, 3.63) is 60.2 Å². The van der Waals surface area contributed by atoms with Crippen molar-refractivity contribution in [3.63, 3.8) is 0 Å². The molecule has 132 valence electrons. The number of anilines is 2. The Hall–Kier alpha value is -2.33. The third-order valence-electron chi connectivity index (χ3n) is 4.72. The third kappa shape index (κ3) is 4.02. The maximum absolute atomic E-state index is 13.1. The van der Waals surface area contributed by atoms with Gasteiger partial charge in [0.2, 0.25) is 5.91 Å². The van der Waals surface area contributed by atoms with Crippen LogP contribution in [0.1, 0.15) is 25.8 Å². The molecule has 2 aromatic carbocycles. The van der Waals surface area contributed by atoms with Gasteiger partial charge in [0.05, 0.1) is 12.6 Å². The van der Waals surface area contributed by atoms with Crippen LogP contribution in [0.5, 0.6) is 0 Å². The van der Waals surface area contributed by atoms with Crippen molar-refractivity contribution >= 4 is 17.3 Å². The molecule has 2 atom stereocenters. The summed E-state index contributed by atoms with van der Waals surface area (Å²) in [4.78, 5) is 17.0. The fraction of sp³-hybridized carbons (Fsp3) is 0.381. The number of carbonyl (C=O) groups excluding carboxylic acids is 1. The largest absolute Gasteiger partial charge is 0.392 e. The molecule has 0 aliphatic carbocycles. The van der Waals surface area contributed by atoms with Crippen LogP contribution in [0.4, 0.5) is 11.4 Å². The molecule has 0 unspecified atom stereocenters. The predicted molar refractivity (Wildman–Crippen MR) is 102 cm³/mol. The molecule has 4 heteroatoms. The number of fused-ring (bicyclic) bond motifs is 1. The van der Waals surface area contributed by atoms with Gasteiger partial charge in [0.1, 0.15) is 0 Å². The van der Waals surface area contributed by atoms with Gasteiger partial charge in [-0.3, -0.25) is 4.79 Å². The number of para-hydroxylation sites is 2. The zero-order valence-corrected chi connectivity index (χ0v) is 14.9. The summed E-state index contributed by atoms with van der Waals surface area (Å²) in [6.45, 7) is 4.54. The van der Waals surface area contributed by atoms with Crippen molar-refractivity contribution in [2.75, 3.05) is 22.9 Å². The second kappa shape index (κ2) is 7.70. The smallest absolute Gasteiger partial charge is 0.246 e. The highest BCUT2D eigenvalue weighted by molar-refractivity contribution is 5.98. The van der Waals surface area contributed by atoms with Gasteiger partial charge < -0.3 is 14.9 Å². The van der Waals surface area contributed by atoms with Gasteiger partial charge in [-0.2, -0.15) is 0 Å². The van der Waals surface area contributed by atoms with Crippen LogP contribution in [0.2, 0.25) is 0 Å². The van der Waals surface area contributed by atoms with E-state index in [9.17, 15) is 9.90 Å². The number of nitrogens with zero attached hydrogens (tertiary/aromatic N) is 2. The van der Waals surface area contributed by atoms with Crippen LogP contribution >= 0.6 is 0 Å². The van der Waals surface area contributed by atoms with E-state index in [0.29, 0.717) is 6.54 Å². The normalized spacial score (nSPS) is 17.7. The Morgan fingerprint density at radius 2 is 1.88 bits per heavy atom. The van der Waals surface area contributed by atoms with Crippen LogP contribution in [-0.2, 0) is 11.2 Å². The summed E-state index contributed by atoms with van der Waals surface area (Å²) in [6.07, 6.45) is 1.49. The minimum absolute atomic E-state index is 0.0733. The fourth-order valence-electron chi connectivity index (χ4n) is 3.53. The Morgan fingerprint density at radius 1 is 1.20 bits per heavy atom. The molecule has 0 bridgehead atoms. The lowest BCUT2D eigenvalue weighted by Gasteiger charge is -2.37. The van der Waals surface area contributed by atoms with E-state index in [-0.39, 0.29) is 18.5 Å². The Kier molecular flexibility index (Phi) is 5.39. The summed E-state index contributed by atoms with van der Waals surface area (Å²) in [5, 5.41) is 9.85.